The number of halogens is 2. The monoisotopic (exact) mass is 372 g/mol. The minimum Gasteiger partial charge on any atom is -0.314 e. The number of hydrogen-bond acceptors (Lipinski definition) is 2. The minimum absolute atomic E-state index is 0. The Bertz CT molecular complexity index is 532. The van der Waals surface area contributed by atoms with Crippen LogP contribution in [0.1, 0.15) is 58.7 Å². The van der Waals surface area contributed by atoms with Gasteiger partial charge in [0.05, 0.1) is 0 Å². The van der Waals surface area contributed by atoms with Crippen molar-refractivity contribution in [3.63, 3.8) is 0 Å². The second-order valence-electron chi connectivity index (χ2n) is 7.52. The smallest absolute Gasteiger partial charge is 0.0357 e. The van der Waals surface area contributed by atoms with Crippen LogP contribution in [-0.4, -0.2) is 31.1 Å². The van der Waals surface area contributed by atoms with Crippen molar-refractivity contribution < 1.29 is 0 Å². The van der Waals surface area contributed by atoms with Crippen LogP contribution in [0.25, 0.3) is 0 Å². The van der Waals surface area contributed by atoms with Crippen LogP contribution in [0.2, 0.25) is 0 Å². The lowest BCUT2D eigenvalue weighted by Crippen LogP contribution is -2.45. The van der Waals surface area contributed by atoms with Crippen molar-refractivity contribution >= 4 is 24.8 Å². The summed E-state index contributed by atoms with van der Waals surface area (Å²) in [5, 5.41) is 3.51. The molecule has 2 fully saturated rings. The number of hydrogen-bond donors (Lipinski definition) is 1. The predicted molar refractivity (Wildman–Crippen MR) is 109 cm³/mol. The number of rotatable bonds is 4. The first-order chi connectivity index (χ1) is 10.5. The van der Waals surface area contributed by atoms with Crippen molar-refractivity contribution in [1.29, 1.82) is 0 Å². The van der Waals surface area contributed by atoms with Gasteiger partial charge in [0, 0.05) is 32.2 Å². The van der Waals surface area contributed by atoms with Crippen LogP contribution in [0.4, 0.5) is 0 Å². The van der Waals surface area contributed by atoms with E-state index in [4.69, 9.17) is 0 Å². The molecule has 0 bridgehead atoms. The average Bonchev–Trinajstić information content (AvgIpc) is 3.35. The summed E-state index contributed by atoms with van der Waals surface area (Å²) >= 11 is 0. The fourth-order valence-electron chi connectivity index (χ4n) is 4.14. The van der Waals surface area contributed by atoms with E-state index in [9.17, 15) is 0 Å². The van der Waals surface area contributed by atoms with Gasteiger partial charge in [-0.15, -0.1) is 24.8 Å². The molecule has 1 aliphatic heterocycles. The molecule has 0 aromatic heterocycles. The van der Waals surface area contributed by atoms with Gasteiger partial charge in [-0.1, -0.05) is 12.8 Å². The molecule has 1 N–H and O–H groups in total. The Morgan fingerprint density at radius 3 is 1.75 bits per heavy atom. The summed E-state index contributed by atoms with van der Waals surface area (Å²) in [5.41, 5.74) is 9.25. The van der Waals surface area contributed by atoms with E-state index in [1.54, 1.807) is 16.7 Å². The van der Waals surface area contributed by atoms with Gasteiger partial charge in [-0.25, -0.2) is 0 Å². The molecule has 2 aliphatic rings. The standard InChI is InChI=1S/C20H32N2.2ClH/c1-13-14(2)16(4)20(17(5)15(13)3)19(12-18-6-7-18)22-10-8-21-9-11-22;;/h18-19,21H,6-12H2,1-5H3;2*1H/t19-;;/m0../s1. The molecular weight excluding hydrogens is 339 g/mol. The van der Waals surface area contributed by atoms with Gasteiger partial charge >= 0.3 is 0 Å². The Morgan fingerprint density at radius 1 is 0.833 bits per heavy atom. The molecule has 1 aromatic carbocycles. The zero-order valence-electron chi connectivity index (χ0n) is 15.9. The maximum atomic E-state index is 3.51. The van der Waals surface area contributed by atoms with Crippen LogP contribution >= 0.6 is 24.8 Å². The van der Waals surface area contributed by atoms with Crippen molar-refractivity contribution in [1.82, 2.24) is 10.2 Å². The van der Waals surface area contributed by atoms with Crippen molar-refractivity contribution in [2.75, 3.05) is 26.2 Å². The first-order valence-electron chi connectivity index (χ1n) is 9.02. The van der Waals surface area contributed by atoms with Crippen molar-refractivity contribution in [2.24, 2.45) is 5.92 Å². The molecule has 1 saturated carbocycles. The molecule has 0 unspecified atom stereocenters. The molecular formula is C20H34Cl2N2. The maximum absolute atomic E-state index is 3.51. The van der Waals surface area contributed by atoms with Gasteiger partial charge in [0.2, 0.25) is 0 Å². The van der Waals surface area contributed by atoms with Crippen LogP contribution in [-0.2, 0) is 0 Å². The molecule has 3 rings (SSSR count). The minimum atomic E-state index is 0. The van der Waals surface area contributed by atoms with E-state index in [1.807, 2.05) is 0 Å². The van der Waals surface area contributed by atoms with Crippen LogP contribution in [0.5, 0.6) is 0 Å². The van der Waals surface area contributed by atoms with Gasteiger partial charge in [-0.3, -0.25) is 4.90 Å². The third-order valence-electron chi connectivity index (χ3n) is 6.24. The highest BCUT2D eigenvalue weighted by atomic mass is 35.5. The van der Waals surface area contributed by atoms with Gasteiger partial charge in [0.15, 0.2) is 0 Å². The third kappa shape index (κ3) is 4.27. The Hall–Kier alpha value is -0.280. The van der Waals surface area contributed by atoms with Gasteiger partial charge < -0.3 is 5.32 Å². The predicted octanol–water partition coefficient (Wildman–Crippen LogP) is 4.82. The van der Waals surface area contributed by atoms with Gasteiger partial charge in [0.25, 0.3) is 0 Å². The van der Waals surface area contributed by atoms with E-state index in [0.29, 0.717) is 6.04 Å². The number of nitrogens with zero attached hydrogens (tertiary/aromatic N) is 1. The fraction of sp³-hybridized carbons (Fsp3) is 0.700. The molecule has 0 amide bonds. The Morgan fingerprint density at radius 2 is 1.29 bits per heavy atom. The normalized spacial score (nSPS) is 19.4. The zero-order valence-corrected chi connectivity index (χ0v) is 17.5. The summed E-state index contributed by atoms with van der Waals surface area (Å²) in [5.74, 6) is 0.973. The summed E-state index contributed by atoms with van der Waals surface area (Å²) in [6.07, 6.45) is 4.26. The largest absolute Gasteiger partial charge is 0.314 e. The summed E-state index contributed by atoms with van der Waals surface area (Å²) in [6, 6.07) is 0.632. The van der Waals surface area contributed by atoms with Crippen LogP contribution in [0.3, 0.4) is 0 Å². The van der Waals surface area contributed by atoms with Crippen LogP contribution < -0.4 is 5.32 Å². The molecule has 138 valence electrons. The average molecular weight is 373 g/mol. The molecule has 1 heterocycles. The Labute approximate surface area is 160 Å². The summed E-state index contributed by atoms with van der Waals surface area (Å²) < 4.78 is 0. The summed E-state index contributed by atoms with van der Waals surface area (Å²) in [4.78, 5) is 2.75. The summed E-state index contributed by atoms with van der Waals surface area (Å²) in [6.45, 7) is 16.3. The SMILES string of the molecule is Cc1c(C)c(C)c([C@H](CC2CC2)N2CCNCC2)c(C)c1C.Cl.Cl. The Balaban J connectivity index is 0.00000144. The van der Waals surface area contributed by atoms with E-state index in [0.717, 1.165) is 19.0 Å². The molecule has 1 atom stereocenters. The van der Waals surface area contributed by atoms with Crippen molar-refractivity contribution in [2.45, 2.75) is 59.9 Å². The first kappa shape index (κ1) is 21.8. The molecule has 4 heteroatoms. The van der Waals surface area contributed by atoms with Gasteiger partial charge in [0.1, 0.15) is 0 Å². The highest BCUT2D eigenvalue weighted by Crippen LogP contribution is 2.43. The van der Waals surface area contributed by atoms with E-state index in [-0.39, 0.29) is 24.8 Å². The van der Waals surface area contributed by atoms with E-state index in [1.165, 1.54) is 49.0 Å². The molecule has 1 aromatic rings. The van der Waals surface area contributed by atoms with Gasteiger partial charge in [-0.2, -0.15) is 0 Å². The van der Waals surface area contributed by atoms with Crippen LogP contribution in [0.15, 0.2) is 0 Å². The highest BCUT2D eigenvalue weighted by Gasteiger charge is 2.32. The van der Waals surface area contributed by atoms with E-state index < -0.39 is 0 Å². The van der Waals surface area contributed by atoms with Crippen LogP contribution in [0, 0.1) is 40.5 Å². The highest BCUT2D eigenvalue weighted by molar-refractivity contribution is 5.85. The fourth-order valence-corrected chi connectivity index (χ4v) is 4.14. The number of nitrogens with one attached hydrogen (secondary N) is 1. The summed E-state index contributed by atoms with van der Waals surface area (Å²) in [7, 11) is 0. The lowest BCUT2D eigenvalue weighted by molar-refractivity contribution is 0.159. The molecule has 1 saturated heterocycles. The first-order valence-corrected chi connectivity index (χ1v) is 9.02. The number of benzene rings is 1. The maximum Gasteiger partial charge on any atom is 0.0357 e. The van der Waals surface area contributed by atoms with Crippen molar-refractivity contribution in [3.05, 3.63) is 33.4 Å². The van der Waals surface area contributed by atoms with E-state index >= 15 is 0 Å². The second-order valence-corrected chi connectivity index (χ2v) is 7.52. The molecule has 2 nitrogen and oxygen atoms in total. The Kier molecular flexibility index (Phi) is 8.06. The molecule has 24 heavy (non-hydrogen) atoms. The topological polar surface area (TPSA) is 15.3 Å². The van der Waals surface area contributed by atoms with Gasteiger partial charge in [-0.05, 0) is 80.3 Å². The zero-order chi connectivity index (χ0) is 15.9. The molecule has 0 spiro atoms. The second kappa shape index (κ2) is 8.89. The number of piperazine rings is 1. The van der Waals surface area contributed by atoms with E-state index in [2.05, 4.69) is 44.8 Å². The lowest BCUT2D eigenvalue weighted by atomic mass is 9.84. The third-order valence-corrected chi connectivity index (χ3v) is 6.24. The molecule has 1 aliphatic carbocycles. The van der Waals surface area contributed by atoms with Crippen molar-refractivity contribution in [3.8, 4) is 0 Å². The lowest BCUT2D eigenvalue weighted by Gasteiger charge is -2.38. The molecule has 0 radical (unpaired) electrons. The quantitative estimate of drug-likeness (QED) is 0.814.